The summed E-state index contributed by atoms with van der Waals surface area (Å²) in [5.74, 6) is -1.31. The van der Waals surface area contributed by atoms with Crippen molar-refractivity contribution in [3.8, 4) is 0 Å². The molecule has 0 aliphatic carbocycles. The average molecular weight is 244 g/mol. The summed E-state index contributed by atoms with van der Waals surface area (Å²) in [7, 11) is 0. The second-order valence-electron chi connectivity index (χ2n) is 3.50. The molecule has 0 spiro atoms. The Kier molecular flexibility index (Phi) is 2.53. The summed E-state index contributed by atoms with van der Waals surface area (Å²) in [6, 6.07) is 2.02. The Balaban J connectivity index is 2.63. The lowest BCUT2D eigenvalue weighted by Crippen LogP contribution is -2.12. The molecule has 0 aliphatic rings. The fourth-order valence-electron chi connectivity index (χ4n) is 1.60. The number of halogens is 3. The molecule has 1 aromatic carbocycles. The molecule has 0 unspecified atom stereocenters. The number of hydrogen-bond acceptors (Lipinski definition) is 2. The normalized spacial score (nSPS) is 11.9. The van der Waals surface area contributed by atoms with Crippen molar-refractivity contribution in [1.82, 2.24) is 9.97 Å². The van der Waals surface area contributed by atoms with Crippen LogP contribution in [-0.2, 0) is 17.4 Å². The Morgan fingerprint density at radius 3 is 2.71 bits per heavy atom. The van der Waals surface area contributed by atoms with E-state index in [4.69, 9.17) is 5.11 Å². The number of nitrogens with one attached hydrogen (secondary N) is 1. The molecule has 17 heavy (non-hydrogen) atoms. The molecule has 0 radical (unpaired) electrons. The van der Waals surface area contributed by atoms with Gasteiger partial charge in [0, 0.05) is 0 Å². The third-order valence-corrected chi connectivity index (χ3v) is 2.29. The van der Waals surface area contributed by atoms with Crippen LogP contribution in [-0.4, -0.2) is 21.0 Å². The van der Waals surface area contributed by atoms with Crippen molar-refractivity contribution in [3.05, 3.63) is 29.6 Å². The summed E-state index contributed by atoms with van der Waals surface area (Å²) in [6.45, 7) is 0. The van der Waals surface area contributed by atoms with Gasteiger partial charge in [-0.2, -0.15) is 13.2 Å². The number of carbonyl (C=O) groups is 1. The summed E-state index contributed by atoms with van der Waals surface area (Å²) < 4.78 is 38.1. The number of aliphatic carboxylic acids is 1. The summed E-state index contributed by atoms with van der Waals surface area (Å²) in [5, 5.41) is 8.59. The first-order valence-corrected chi connectivity index (χ1v) is 4.63. The predicted octanol–water partition coefficient (Wildman–Crippen LogP) is 2.21. The van der Waals surface area contributed by atoms with E-state index >= 15 is 0 Å². The lowest BCUT2D eigenvalue weighted by atomic mass is 10.0. The maximum atomic E-state index is 12.7. The zero-order chi connectivity index (χ0) is 12.6. The van der Waals surface area contributed by atoms with E-state index in [1.807, 2.05) is 0 Å². The minimum atomic E-state index is -4.59. The number of aromatic amines is 1. The van der Waals surface area contributed by atoms with Gasteiger partial charge in [-0.05, 0) is 17.7 Å². The molecular weight excluding hydrogens is 237 g/mol. The van der Waals surface area contributed by atoms with Crippen LogP contribution < -0.4 is 0 Å². The maximum absolute atomic E-state index is 12.7. The molecule has 4 nitrogen and oxygen atoms in total. The number of carboxylic acid groups (broad SMARTS) is 1. The monoisotopic (exact) mass is 244 g/mol. The molecule has 0 saturated heterocycles. The van der Waals surface area contributed by atoms with Crippen LogP contribution in [0.25, 0.3) is 11.0 Å². The quantitative estimate of drug-likeness (QED) is 0.851. The molecule has 2 N–H and O–H groups in total. The van der Waals surface area contributed by atoms with Gasteiger partial charge in [-0.3, -0.25) is 4.79 Å². The molecule has 90 valence electrons. The lowest BCUT2D eigenvalue weighted by Gasteiger charge is -2.11. The number of H-pyrrole nitrogens is 1. The first-order chi connectivity index (χ1) is 7.88. The van der Waals surface area contributed by atoms with Gasteiger partial charge >= 0.3 is 12.1 Å². The van der Waals surface area contributed by atoms with Crippen LogP contribution in [0.1, 0.15) is 11.1 Å². The van der Waals surface area contributed by atoms with E-state index in [1.165, 1.54) is 12.4 Å². The molecule has 0 amide bonds. The Bertz CT molecular complexity index is 574. The standard InChI is InChI=1S/C10H7F3N2O2/c11-10(12,13)6-3-8-7(14-4-15-8)1-5(6)2-9(16)17/h1,3-4H,2H2,(H,14,15)(H,16,17). The van der Waals surface area contributed by atoms with Gasteiger partial charge in [-0.1, -0.05) is 0 Å². The van der Waals surface area contributed by atoms with E-state index in [0.717, 1.165) is 6.07 Å². The number of nitrogens with zero attached hydrogens (tertiary/aromatic N) is 1. The summed E-state index contributed by atoms with van der Waals surface area (Å²) >= 11 is 0. The van der Waals surface area contributed by atoms with Crippen molar-refractivity contribution in [2.24, 2.45) is 0 Å². The number of fused-ring (bicyclic) bond motifs is 1. The molecule has 0 saturated carbocycles. The average Bonchev–Trinajstić information content (AvgIpc) is 2.60. The minimum absolute atomic E-state index is 0.159. The highest BCUT2D eigenvalue weighted by molar-refractivity contribution is 5.79. The van der Waals surface area contributed by atoms with E-state index in [9.17, 15) is 18.0 Å². The maximum Gasteiger partial charge on any atom is 0.416 e. The second kappa shape index (κ2) is 3.76. The van der Waals surface area contributed by atoms with E-state index in [-0.39, 0.29) is 11.1 Å². The van der Waals surface area contributed by atoms with Crippen LogP contribution in [0.4, 0.5) is 13.2 Å². The highest BCUT2D eigenvalue weighted by Gasteiger charge is 2.34. The number of aromatic nitrogens is 2. The van der Waals surface area contributed by atoms with Gasteiger partial charge in [0.2, 0.25) is 0 Å². The van der Waals surface area contributed by atoms with Crippen LogP contribution in [0.15, 0.2) is 18.5 Å². The van der Waals surface area contributed by atoms with Crippen molar-refractivity contribution in [3.63, 3.8) is 0 Å². The summed E-state index contributed by atoms with van der Waals surface area (Å²) in [4.78, 5) is 16.9. The van der Waals surface area contributed by atoms with Crippen molar-refractivity contribution in [2.45, 2.75) is 12.6 Å². The largest absolute Gasteiger partial charge is 0.481 e. The smallest absolute Gasteiger partial charge is 0.416 e. The second-order valence-corrected chi connectivity index (χ2v) is 3.50. The lowest BCUT2D eigenvalue weighted by molar-refractivity contribution is -0.139. The Morgan fingerprint density at radius 1 is 1.41 bits per heavy atom. The molecular formula is C10H7F3N2O2. The Hall–Kier alpha value is -2.05. The fourth-order valence-corrected chi connectivity index (χ4v) is 1.60. The van der Waals surface area contributed by atoms with Gasteiger partial charge in [0.05, 0.1) is 29.3 Å². The van der Waals surface area contributed by atoms with E-state index in [1.54, 1.807) is 0 Å². The van der Waals surface area contributed by atoms with Crippen LogP contribution in [0, 0.1) is 0 Å². The molecule has 0 fully saturated rings. The number of rotatable bonds is 2. The number of benzene rings is 1. The Morgan fingerprint density at radius 2 is 2.12 bits per heavy atom. The number of imidazole rings is 1. The van der Waals surface area contributed by atoms with Gasteiger partial charge in [0.1, 0.15) is 0 Å². The van der Waals surface area contributed by atoms with Gasteiger partial charge in [-0.15, -0.1) is 0 Å². The minimum Gasteiger partial charge on any atom is -0.481 e. The predicted molar refractivity (Wildman–Crippen MR) is 52.4 cm³/mol. The number of carboxylic acids is 1. The van der Waals surface area contributed by atoms with Crippen LogP contribution in [0.5, 0.6) is 0 Å². The fraction of sp³-hybridized carbons (Fsp3) is 0.200. The van der Waals surface area contributed by atoms with Crippen molar-refractivity contribution in [1.29, 1.82) is 0 Å². The number of alkyl halides is 3. The number of hydrogen-bond donors (Lipinski definition) is 2. The van der Waals surface area contributed by atoms with Crippen molar-refractivity contribution >= 4 is 17.0 Å². The van der Waals surface area contributed by atoms with Gasteiger partial charge < -0.3 is 10.1 Å². The molecule has 1 heterocycles. The van der Waals surface area contributed by atoms with Gasteiger partial charge in [0.15, 0.2) is 0 Å². The van der Waals surface area contributed by atoms with Crippen LogP contribution >= 0.6 is 0 Å². The molecule has 2 aromatic rings. The first kappa shape index (κ1) is 11.4. The SMILES string of the molecule is O=C(O)Cc1cc2[nH]cnc2cc1C(F)(F)F. The zero-order valence-corrected chi connectivity index (χ0v) is 8.38. The Labute approximate surface area is 93.1 Å². The molecule has 0 aliphatic heterocycles. The van der Waals surface area contributed by atoms with Crippen LogP contribution in [0.2, 0.25) is 0 Å². The highest BCUT2D eigenvalue weighted by Crippen LogP contribution is 2.34. The van der Waals surface area contributed by atoms with Crippen molar-refractivity contribution in [2.75, 3.05) is 0 Å². The van der Waals surface area contributed by atoms with Crippen molar-refractivity contribution < 1.29 is 23.1 Å². The van der Waals surface area contributed by atoms with E-state index in [0.29, 0.717) is 5.52 Å². The third kappa shape index (κ3) is 2.22. The first-order valence-electron chi connectivity index (χ1n) is 4.63. The molecule has 0 bridgehead atoms. The zero-order valence-electron chi connectivity index (χ0n) is 8.38. The van der Waals surface area contributed by atoms with Gasteiger partial charge in [-0.25, -0.2) is 4.98 Å². The molecule has 0 atom stereocenters. The third-order valence-electron chi connectivity index (χ3n) is 2.29. The van der Waals surface area contributed by atoms with E-state index < -0.39 is 24.1 Å². The van der Waals surface area contributed by atoms with Crippen LogP contribution in [0.3, 0.4) is 0 Å². The topological polar surface area (TPSA) is 66.0 Å². The molecule has 1 aromatic heterocycles. The molecule has 7 heteroatoms. The summed E-state index contributed by atoms with van der Waals surface area (Å²) in [5.41, 5.74) is -0.693. The molecule has 2 rings (SSSR count). The van der Waals surface area contributed by atoms with E-state index in [2.05, 4.69) is 9.97 Å². The van der Waals surface area contributed by atoms with Gasteiger partial charge in [0.25, 0.3) is 0 Å². The summed E-state index contributed by atoms with van der Waals surface area (Å²) in [6.07, 6.45) is -4.00. The highest BCUT2D eigenvalue weighted by atomic mass is 19.4.